The number of amides is 2. The minimum Gasteiger partial charge on any atom is -0.493 e. The molecule has 1 aliphatic heterocycles. The molecule has 0 bridgehead atoms. The van der Waals surface area contributed by atoms with E-state index in [-0.39, 0.29) is 17.9 Å². The van der Waals surface area contributed by atoms with Crippen LogP contribution in [0.25, 0.3) is 5.69 Å². The number of hydrogen-bond donors (Lipinski definition) is 1. The summed E-state index contributed by atoms with van der Waals surface area (Å²) in [6.45, 7) is 10.7. The molecule has 1 aliphatic rings. The Morgan fingerprint density at radius 2 is 1.56 bits per heavy atom. The molecule has 0 unspecified atom stereocenters. The third-order valence-corrected chi connectivity index (χ3v) is 7.24. The lowest BCUT2D eigenvalue weighted by Gasteiger charge is -2.34. The molecule has 1 N–H and O–H groups in total. The van der Waals surface area contributed by atoms with Gasteiger partial charge in [0.1, 0.15) is 5.60 Å². The largest absolute Gasteiger partial charge is 0.493 e. The van der Waals surface area contributed by atoms with Crippen LogP contribution >= 0.6 is 0 Å². The summed E-state index contributed by atoms with van der Waals surface area (Å²) in [5.74, 6) is 0.996. The summed E-state index contributed by atoms with van der Waals surface area (Å²) < 4.78 is 23.7. The molecule has 10 heteroatoms. The molecular weight excluding hydrogens is 524 g/mol. The molecule has 2 aromatic carbocycles. The molecule has 220 valence electrons. The average molecular weight is 565 g/mol. The first kappa shape index (κ1) is 29.8. The van der Waals surface area contributed by atoms with E-state index < -0.39 is 5.60 Å². The van der Waals surface area contributed by atoms with Crippen LogP contribution in [0.3, 0.4) is 0 Å². The number of carbonyl (C=O) groups is 2. The molecule has 10 nitrogen and oxygen atoms in total. The Kier molecular flexibility index (Phi) is 8.80. The van der Waals surface area contributed by atoms with Crippen molar-refractivity contribution in [3.8, 4) is 22.9 Å². The lowest BCUT2D eigenvalue weighted by Crippen LogP contribution is -2.41. The number of aryl methyl sites for hydroxylation is 2. The van der Waals surface area contributed by atoms with Crippen molar-refractivity contribution in [3.05, 3.63) is 58.9 Å². The van der Waals surface area contributed by atoms with Gasteiger partial charge in [-0.15, -0.1) is 0 Å². The maximum Gasteiger partial charge on any atom is 0.410 e. The topological polar surface area (TPSA) is 104 Å². The van der Waals surface area contributed by atoms with Gasteiger partial charge in [-0.2, -0.15) is 5.10 Å². The molecule has 4 rings (SSSR count). The first-order valence-electron chi connectivity index (χ1n) is 13.7. The highest BCUT2D eigenvalue weighted by atomic mass is 16.6. The number of piperidine rings is 1. The molecule has 1 saturated heterocycles. The highest BCUT2D eigenvalue weighted by Crippen LogP contribution is 2.40. The van der Waals surface area contributed by atoms with E-state index in [9.17, 15) is 9.59 Å². The van der Waals surface area contributed by atoms with Crippen LogP contribution in [0.15, 0.2) is 36.5 Å². The van der Waals surface area contributed by atoms with Gasteiger partial charge in [0.2, 0.25) is 5.75 Å². The van der Waals surface area contributed by atoms with Crippen molar-refractivity contribution in [2.24, 2.45) is 0 Å². The second-order valence-electron chi connectivity index (χ2n) is 11.2. The first-order valence-corrected chi connectivity index (χ1v) is 13.7. The van der Waals surface area contributed by atoms with Crippen LogP contribution in [0.1, 0.15) is 66.7 Å². The number of hydrogen-bond acceptors (Lipinski definition) is 7. The number of aromatic nitrogens is 2. The normalized spacial score (nSPS) is 14.0. The Balaban J connectivity index is 1.67. The SMILES string of the molecule is COc1cc(NC(=O)c2cnn(-c3ccc(C)c(C)c3)c2C2CCN(C(=O)OC(C)(C)C)CC2)cc(OC)c1OC. The Morgan fingerprint density at radius 1 is 0.927 bits per heavy atom. The van der Waals surface area contributed by atoms with Gasteiger partial charge in [-0.05, 0) is 70.7 Å². The number of likely N-dealkylation sites (tertiary alicyclic amines) is 1. The summed E-state index contributed by atoms with van der Waals surface area (Å²) in [6, 6.07) is 9.51. The number of rotatable bonds is 7. The lowest BCUT2D eigenvalue weighted by molar-refractivity contribution is 0.0203. The fourth-order valence-corrected chi connectivity index (χ4v) is 5.00. The third kappa shape index (κ3) is 6.58. The van der Waals surface area contributed by atoms with Crippen molar-refractivity contribution in [2.45, 2.75) is 59.0 Å². The summed E-state index contributed by atoms with van der Waals surface area (Å²) >= 11 is 0. The van der Waals surface area contributed by atoms with Crippen molar-refractivity contribution in [2.75, 3.05) is 39.7 Å². The molecule has 0 radical (unpaired) electrons. The van der Waals surface area contributed by atoms with Gasteiger partial charge >= 0.3 is 6.09 Å². The molecule has 0 spiro atoms. The monoisotopic (exact) mass is 564 g/mol. The molecule has 1 fully saturated rings. The molecule has 0 aliphatic carbocycles. The number of nitrogens with one attached hydrogen (secondary N) is 1. The summed E-state index contributed by atoms with van der Waals surface area (Å²) in [4.78, 5) is 28.2. The van der Waals surface area contributed by atoms with Gasteiger partial charge in [0.15, 0.2) is 11.5 Å². The van der Waals surface area contributed by atoms with E-state index in [1.54, 1.807) is 23.2 Å². The number of anilines is 1. The van der Waals surface area contributed by atoms with Gasteiger partial charge in [0, 0.05) is 36.8 Å². The van der Waals surface area contributed by atoms with Crippen LogP contribution in [0, 0.1) is 13.8 Å². The predicted octanol–water partition coefficient (Wildman–Crippen LogP) is 5.88. The van der Waals surface area contributed by atoms with Crippen molar-refractivity contribution in [3.63, 3.8) is 0 Å². The molecule has 3 aromatic rings. The van der Waals surface area contributed by atoms with Crippen LogP contribution in [0.5, 0.6) is 17.2 Å². The van der Waals surface area contributed by atoms with Gasteiger partial charge in [0.05, 0.1) is 44.5 Å². The fourth-order valence-electron chi connectivity index (χ4n) is 5.00. The van der Waals surface area contributed by atoms with E-state index >= 15 is 0 Å². The zero-order valence-electron chi connectivity index (χ0n) is 25.2. The molecule has 2 amide bonds. The number of methoxy groups -OCH3 is 3. The Hall–Kier alpha value is -4.21. The predicted molar refractivity (Wildman–Crippen MR) is 157 cm³/mol. The third-order valence-electron chi connectivity index (χ3n) is 7.24. The van der Waals surface area contributed by atoms with Crippen LogP contribution in [-0.2, 0) is 4.74 Å². The summed E-state index contributed by atoms with van der Waals surface area (Å²) in [5.41, 5.74) is 4.39. The van der Waals surface area contributed by atoms with Gasteiger partial charge in [0.25, 0.3) is 5.91 Å². The van der Waals surface area contributed by atoms with Crippen molar-refractivity contribution < 1.29 is 28.5 Å². The minimum atomic E-state index is -0.562. The molecule has 1 aromatic heterocycles. The first-order chi connectivity index (χ1) is 19.4. The molecule has 0 atom stereocenters. The van der Waals surface area contributed by atoms with E-state index in [2.05, 4.69) is 36.4 Å². The van der Waals surface area contributed by atoms with Crippen LogP contribution in [-0.4, -0.2) is 66.7 Å². The van der Waals surface area contributed by atoms with Crippen LogP contribution in [0.2, 0.25) is 0 Å². The molecule has 41 heavy (non-hydrogen) atoms. The van der Waals surface area contributed by atoms with Crippen molar-refractivity contribution >= 4 is 17.7 Å². The summed E-state index contributed by atoms with van der Waals surface area (Å²) in [6.07, 6.45) is 2.62. The van der Waals surface area contributed by atoms with Crippen LogP contribution in [0.4, 0.5) is 10.5 Å². The smallest absolute Gasteiger partial charge is 0.410 e. The Morgan fingerprint density at radius 3 is 2.10 bits per heavy atom. The molecular formula is C31H40N4O6. The van der Waals surface area contributed by atoms with Gasteiger partial charge in [-0.3, -0.25) is 4.79 Å². The number of nitrogens with zero attached hydrogens (tertiary/aromatic N) is 3. The Labute approximate surface area is 241 Å². The standard InChI is InChI=1S/C31H40N4O6/c1-19-9-10-23(15-20(19)2)35-27(21-11-13-34(14-12-21)30(37)41-31(3,4)5)24(18-32-35)29(36)33-22-16-25(38-6)28(40-8)26(17-22)39-7/h9-10,15-18,21H,11-14H2,1-8H3,(H,33,36). The Bertz CT molecular complexity index is 1390. The fraction of sp³-hybridized carbons (Fsp3) is 0.452. The van der Waals surface area contributed by atoms with Crippen LogP contribution < -0.4 is 19.5 Å². The highest BCUT2D eigenvalue weighted by molar-refractivity contribution is 6.05. The van der Waals surface area contributed by atoms with Crippen molar-refractivity contribution in [1.29, 1.82) is 0 Å². The van der Waals surface area contributed by atoms with E-state index in [1.165, 1.54) is 26.9 Å². The zero-order chi connectivity index (χ0) is 29.9. The second kappa shape index (κ2) is 12.1. The summed E-state index contributed by atoms with van der Waals surface area (Å²) in [7, 11) is 4.58. The van der Waals surface area contributed by atoms with Gasteiger partial charge < -0.3 is 29.2 Å². The molecule has 0 saturated carbocycles. The van der Waals surface area contributed by atoms with E-state index in [0.29, 0.717) is 54.4 Å². The van der Waals surface area contributed by atoms with E-state index in [1.807, 2.05) is 31.5 Å². The maximum atomic E-state index is 13.8. The van der Waals surface area contributed by atoms with Gasteiger partial charge in [-0.1, -0.05) is 6.07 Å². The number of benzene rings is 2. The van der Waals surface area contributed by atoms with Gasteiger partial charge in [-0.25, -0.2) is 9.48 Å². The van der Waals surface area contributed by atoms with E-state index in [4.69, 9.17) is 18.9 Å². The maximum absolute atomic E-state index is 13.8. The number of ether oxygens (including phenoxy) is 4. The number of carbonyl (C=O) groups excluding carboxylic acids is 2. The summed E-state index contributed by atoms with van der Waals surface area (Å²) in [5, 5.41) is 7.66. The zero-order valence-corrected chi connectivity index (χ0v) is 25.2. The minimum absolute atomic E-state index is 0.00140. The van der Waals surface area contributed by atoms with E-state index in [0.717, 1.165) is 16.9 Å². The molecule has 2 heterocycles. The lowest BCUT2D eigenvalue weighted by atomic mass is 9.90. The van der Waals surface area contributed by atoms with Crippen molar-refractivity contribution in [1.82, 2.24) is 14.7 Å². The average Bonchev–Trinajstić information content (AvgIpc) is 3.38. The second-order valence-corrected chi connectivity index (χ2v) is 11.2. The quantitative estimate of drug-likeness (QED) is 0.382. The highest BCUT2D eigenvalue weighted by Gasteiger charge is 2.32.